The molecule has 1 aliphatic rings. The lowest BCUT2D eigenvalue weighted by Gasteiger charge is -2.34. The highest BCUT2D eigenvalue weighted by molar-refractivity contribution is 5.18. The third kappa shape index (κ3) is 6.11. The first-order chi connectivity index (χ1) is 11.5. The van der Waals surface area contributed by atoms with Gasteiger partial charge in [0.2, 0.25) is 0 Å². The van der Waals surface area contributed by atoms with Crippen molar-refractivity contribution >= 4 is 0 Å². The molecule has 1 saturated heterocycles. The van der Waals surface area contributed by atoms with E-state index >= 15 is 0 Å². The van der Waals surface area contributed by atoms with Gasteiger partial charge >= 0.3 is 0 Å². The van der Waals surface area contributed by atoms with Crippen LogP contribution in [0.15, 0.2) is 36.2 Å². The lowest BCUT2D eigenvalue weighted by atomic mass is 9.96. The van der Waals surface area contributed by atoms with Gasteiger partial charge in [-0.1, -0.05) is 36.0 Å². The van der Waals surface area contributed by atoms with Gasteiger partial charge in [0.15, 0.2) is 0 Å². The number of hydrogen-bond donors (Lipinski definition) is 1. The van der Waals surface area contributed by atoms with Gasteiger partial charge in [-0.25, -0.2) is 0 Å². The summed E-state index contributed by atoms with van der Waals surface area (Å²) >= 11 is 0. The molecule has 1 fully saturated rings. The first-order valence-electron chi connectivity index (χ1n) is 8.98. The van der Waals surface area contributed by atoms with Crippen molar-refractivity contribution in [1.29, 1.82) is 0 Å². The molecule has 0 bridgehead atoms. The van der Waals surface area contributed by atoms with E-state index < -0.39 is 5.60 Å². The molecule has 1 N–H and O–H groups in total. The zero-order chi connectivity index (χ0) is 17.4. The standard InChI is InChI=1S/C21H30N2O/c1-18(2)9-6-12-21(3,24)13-8-16-23-15-5-4-11-20(23)19-10-7-14-22-17-19/h7,9-10,14,17,20,24H,4-6,11-12,15-16H2,1-3H3/t20-,21-/m0/s1. The number of rotatable bonds is 5. The second-order valence-electron chi connectivity index (χ2n) is 7.16. The smallest absolute Gasteiger partial charge is 0.123 e. The van der Waals surface area contributed by atoms with Crippen LogP contribution in [0.4, 0.5) is 0 Å². The largest absolute Gasteiger partial charge is 0.378 e. The van der Waals surface area contributed by atoms with Crippen LogP contribution in [0.3, 0.4) is 0 Å². The van der Waals surface area contributed by atoms with Gasteiger partial charge in [-0.15, -0.1) is 0 Å². The summed E-state index contributed by atoms with van der Waals surface area (Å²) in [5.41, 5.74) is 1.65. The summed E-state index contributed by atoms with van der Waals surface area (Å²) in [5.74, 6) is 6.29. The maximum absolute atomic E-state index is 10.4. The second kappa shape index (κ2) is 9.01. The molecule has 3 nitrogen and oxygen atoms in total. The van der Waals surface area contributed by atoms with Gasteiger partial charge in [0.25, 0.3) is 0 Å². The number of hydrogen-bond acceptors (Lipinski definition) is 3. The number of allylic oxidation sites excluding steroid dienone is 2. The van der Waals surface area contributed by atoms with Crippen molar-refractivity contribution in [3.05, 3.63) is 41.7 Å². The fourth-order valence-corrected chi connectivity index (χ4v) is 3.17. The average Bonchev–Trinajstić information content (AvgIpc) is 2.55. The Hall–Kier alpha value is -1.63. The Morgan fingerprint density at radius 1 is 1.46 bits per heavy atom. The van der Waals surface area contributed by atoms with Crippen LogP contribution in [0.2, 0.25) is 0 Å². The molecule has 1 aromatic heterocycles. The van der Waals surface area contributed by atoms with Crippen LogP contribution < -0.4 is 0 Å². The van der Waals surface area contributed by atoms with Crippen LogP contribution in [-0.2, 0) is 0 Å². The van der Waals surface area contributed by atoms with Crippen molar-refractivity contribution in [2.45, 2.75) is 64.5 Å². The number of pyridine rings is 1. The Morgan fingerprint density at radius 3 is 3.00 bits per heavy atom. The Balaban J connectivity index is 1.95. The van der Waals surface area contributed by atoms with Gasteiger partial charge in [0.05, 0.1) is 6.54 Å². The van der Waals surface area contributed by atoms with Gasteiger partial charge in [-0.2, -0.15) is 0 Å². The first-order valence-corrected chi connectivity index (χ1v) is 8.98. The van der Waals surface area contributed by atoms with Crippen LogP contribution in [-0.4, -0.2) is 33.7 Å². The molecule has 0 aliphatic carbocycles. The van der Waals surface area contributed by atoms with Crippen molar-refractivity contribution in [2.75, 3.05) is 13.1 Å². The zero-order valence-electron chi connectivity index (χ0n) is 15.3. The number of aliphatic hydroxyl groups is 1. The third-order valence-electron chi connectivity index (χ3n) is 4.51. The van der Waals surface area contributed by atoms with E-state index in [-0.39, 0.29) is 0 Å². The maximum Gasteiger partial charge on any atom is 0.123 e. The molecule has 2 heterocycles. The summed E-state index contributed by atoms with van der Waals surface area (Å²) in [6.45, 7) is 7.74. The van der Waals surface area contributed by atoms with Gasteiger partial charge < -0.3 is 5.11 Å². The van der Waals surface area contributed by atoms with Crippen LogP contribution in [0.1, 0.15) is 64.5 Å². The SMILES string of the molecule is CC(C)=CCC[C@](C)(O)C#CCN1CCCC[C@H]1c1cccnc1. The number of likely N-dealkylation sites (tertiary alicyclic amines) is 1. The van der Waals surface area contributed by atoms with Crippen molar-refractivity contribution < 1.29 is 5.11 Å². The van der Waals surface area contributed by atoms with Crippen LogP contribution >= 0.6 is 0 Å². The number of aromatic nitrogens is 1. The van der Waals surface area contributed by atoms with E-state index in [2.05, 4.69) is 47.7 Å². The molecule has 2 rings (SSSR count). The van der Waals surface area contributed by atoms with E-state index in [1.165, 1.54) is 24.0 Å². The van der Waals surface area contributed by atoms with Gasteiger partial charge in [0.1, 0.15) is 5.60 Å². The molecule has 3 heteroatoms. The lowest BCUT2D eigenvalue weighted by molar-refractivity contribution is 0.113. The quantitative estimate of drug-likeness (QED) is 0.653. The van der Waals surface area contributed by atoms with Crippen molar-refractivity contribution in [1.82, 2.24) is 9.88 Å². The minimum Gasteiger partial charge on any atom is -0.378 e. The minimum atomic E-state index is -0.911. The third-order valence-corrected chi connectivity index (χ3v) is 4.51. The molecule has 0 spiro atoms. The molecule has 1 aliphatic heterocycles. The fourth-order valence-electron chi connectivity index (χ4n) is 3.17. The first kappa shape index (κ1) is 18.7. The predicted molar refractivity (Wildman–Crippen MR) is 99.5 cm³/mol. The molecule has 2 atom stereocenters. The van der Waals surface area contributed by atoms with Gasteiger partial charge in [0, 0.05) is 18.4 Å². The van der Waals surface area contributed by atoms with E-state index in [0.29, 0.717) is 19.0 Å². The van der Waals surface area contributed by atoms with Crippen LogP contribution in [0.5, 0.6) is 0 Å². The lowest BCUT2D eigenvalue weighted by Crippen LogP contribution is -2.34. The number of piperidine rings is 1. The zero-order valence-corrected chi connectivity index (χ0v) is 15.3. The number of nitrogens with zero attached hydrogens (tertiary/aromatic N) is 2. The van der Waals surface area contributed by atoms with E-state index in [9.17, 15) is 5.11 Å². The molecule has 0 saturated carbocycles. The predicted octanol–water partition coefficient (Wildman–Crippen LogP) is 4.11. The molecule has 0 radical (unpaired) electrons. The Kier molecular flexibility index (Phi) is 7.02. The molecule has 1 aromatic rings. The van der Waals surface area contributed by atoms with Gasteiger partial charge in [-0.05, 0) is 64.6 Å². The second-order valence-corrected chi connectivity index (χ2v) is 7.16. The van der Waals surface area contributed by atoms with E-state index in [1.54, 1.807) is 0 Å². The highest BCUT2D eigenvalue weighted by Gasteiger charge is 2.23. The molecular weight excluding hydrogens is 296 g/mol. The Labute approximate surface area is 146 Å². The molecule has 24 heavy (non-hydrogen) atoms. The highest BCUT2D eigenvalue weighted by Crippen LogP contribution is 2.29. The van der Waals surface area contributed by atoms with Crippen molar-refractivity contribution in [3.63, 3.8) is 0 Å². The fraction of sp³-hybridized carbons (Fsp3) is 0.571. The van der Waals surface area contributed by atoms with Crippen LogP contribution in [0.25, 0.3) is 0 Å². The molecule has 130 valence electrons. The molecular formula is C21H30N2O. The maximum atomic E-state index is 10.4. The molecule has 0 unspecified atom stereocenters. The summed E-state index contributed by atoms with van der Waals surface area (Å²) in [6.07, 6.45) is 11.1. The average molecular weight is 326 g/mol. The molecule has 0 aromatic carbocycles. The summed E-state index contributed by atoms with van der Waals surface area (Å²) < 4.78 is 0. The Bertz CT molecular complexity index is 591. The van der Waals surface area contributed by atoms with Gasteiger partial charge in [-0.3, -0.25) is 9.88 Å². The van der Waals surface area contributed by atoms with Crippen molar-refractivity contribution in [3.8, 4) is 11.8 Å². The van der Waals surface area contributed by atoms with E-state index in [4.69, 9.17) is 0 Å². The van der Waals surface area contributed by atoms with Crippen LogP contribution in [0, 0.1) is 11.8 Å². The molecule has 0 amide bonds. The summed E-state index contributed by atoms with van der Waals surface area (Å²) in [5, 5.41) is 10.4. The summed E-state index contributed by atoms with van der Waals surface area (Å²) in [7, 11) is 0. The highest BCUT2D eigenvalue weighted by atomic mass is 16.3. The van der Waals surface area contributed by atoms with E-state index in [1.807, 2.05) is 25.4 Å². The normalized spacial score (nSPS) is 20.6. The summed E-state index contributed by atoms with van der Waals surface area (Å²) in [4.78, 5) is 6.67. The van der Waals surface area contributed by atoms with Crippen molar-refractivity contribution in [2.24, 2.45) is 0 Å². The Morgan fingerprint density at radius 2 is 2.29 bits per heavy atom. The summed E-state index contributed by atoms with van der Waals surface area (Å²) in [6, 6.07) is 4.55. The topological polar surface area (TPSA) is 36.4 Å². The van der Waals surface area contributed by atoms with E-state index in [0.717, 1.165) is 19.4 Å². The minimum absolute atomic E-state index is 0.400. The monoisotopic (exact) mass is 326 g/mol.